The van der Waals surface area contributed by atoms with E-state index in [1.165, 1.54) is 6.07 Å². The number of nitriles is 1. The van der Waals surface area contributed by atoms with Gasteiger partial charge in [0.15, 0.2) is 11.5 Å². The second-order valence-corrected chi connectivity index (χ2v) is 3.07. The molecule has 4 heteroatoms. The van der Waals surface area contributed by atoms with Crippen LogP contribution in [-0.4, -0.2) is 10.2 Å². The van der Waals surface area contributed by atoms with Crippen molar-refractivity contribution in [3.8, 4) is 17.6 Å². The fraction of sp³-hybridized carbons (Fsp3) is 0.222. The van der Waals surface area contributed by atoms with Gasteiger partial charge in [0.1, 0.15) is 0 Å². The van der Waals surface area contributed by atoms with E-state index in [-0.39, 0.29) is 17.9 Å². The van der Waals surface area contributed by atoms with E-state index in [1.807, 2.05) is 6.07 Å². The number of hydrogen-bond acceptors (Lipinski definition) is 3. The van der Waals surface area contributed by atoms with Crippen LogP contribution < -0.4 is 0 Å². The quantitative estimate of drug-likeness (QED) is 0.678. The van der Waals surface area contributed by atoms with Gasteiger partial charge in [0.2, 0.25) is 0 Å². The maximum Gasteiger partial charge on any atom is 0.162 e. The molecule has 1 aromatic carbocycles. The molecule has 0 aliphatic carbocycles. The lowest BCUT2D eigenvalue weighted by Crippen LogP contribution is -1.90. The van der Waals surface area contributed by atoms with Gasteiger partial charge in [-0.2, -0.15) is 5.26 Å². The van der Waals surface area contributed by atoms with Crippen LogP contribution in [0.4, 0.5) is 0 Å². The van der Waals surface area contributed by atoms with E-state index >= 15 is 0 Å². The van der Waals surface area contributed by atoms with Crippen molar-refractivity contribution in [2.75, 3.05) is 0 Å². The molecule has 0 saturated heterocycles. The molecule has 0 atom stereocenters. The van der Waals surface area contributed by atoms with Crippen molar-refractivity contribution >= 4 is 11.6 Å². The molecule has 0 bridgehead atoms. The lowest BCUT2D eigenvalue weighted by atomic mass is 10.0. The monoisotopic (exact) mass is 197 g/mol. The minimum absolute atomic E-state index is 0.0335. The Hall–Kier alpha value is -1.40. The van der Waals surface area contributed by atoms with Crippen molar-refractivity contribution in [1.82, 2.24) is 0 Å². The molecule has 68 valence electrons. The summed E-state index contributed by atoms with van der Waals surface area (Å²) in [7, 11) is 0. The molecule has 0 unspecified atom stereocenters. The third-order valence-electron chi connectivity index (χ3n) is 1.86. The fourth-order valence-corrected chi connectivity index (χ4v) is 1.29. The molecule has 0 saturated carbocycles. The maximum atomic E-state index is 9.37. The SMILES string of the molecule is Cc1c(Cl)cc(O)c(O)c1CC#N. The average molecular weight is 198 g/mol. The standard InChI is InChI=1S/C9H8ClNO2/c1-5-6(2-3-11)9(13)8(12)4-7(5)10/h4,12-13H,2H2,1H3. The zero-order valence-corrected chi connectivity index (χ0v) is 7.76. The van der Waals surface area contributed by atoms with Crippen molar-refractivity contribution in [2.45, 2.75) is 13.3 Å². The Kier molecular flexibility index (Phi) is 2.64. The van der Waals surface area contributed by atoms with Crippen LogP contribution in [0.5, 0.6) is 11.5 Å². The van der Waals surface area contributed by atoms with E-state index in [2.05, 4.69) is 0 Å². The summed E-state index contributed by atoms with van der Waals surface area (Å²) >= 11 is 5.75. The highest BCUT2D eigenvalue weighted by atomic mass is 35.5. The Morgan fingerprint density at radius 1 is 1.54 bits per heavy atom. The highest BCUT2D eigenvalue weighted by molar-refractivity contribution is 6.31. The molecule has 3 nitrogen and oxygen atoms in total. The van der Waals surface area contributed by atoms with E-state index in [9.17, 15) is 10.2 Å². The third kappa shape index (κ3) is 1.68. The van der Waals surface area contributed by atoms with Gasteiger partial charge in [0, 0.05) is 16.7 Å². The van der Waals surface area contributed by atoms with E-state index in [0.717, 1.165) is 0 Å². The summed E-state index contributed by atoms with van der Waals surface area (Å²) in [6.07, 6.45) is 0.0335. The third-order valence-corrected chi connectivity index (χ3v) is 2.25. The zero-order valence-electron chi connectivity index (χ0n) is 7.00. The van der Waals surface area contributed by atoms with Crippen LogP contribution in [-0.2, 0) is 6.42 Å². The molecule has 2 N–H and O–H groups in total. The van der Waals surface area contributed by atoms with Gasteiger partial charge in [-0.3, -0.25) is 0 Å². The van der Waals surface area contributed by atoms with Gasteiger partial charge in [-0.05, 0) is 12.5 Å². The number of aromatic hydroxyl groups is 2. The van der Waals surface area contributed by atoms with Gasteiger partial charge in [0.05, 0.1) is 12.5 Å². The molecule has 0 spiro atoms. The number of hydrogen-bond donors (Lipinski definition) is 2. The largest absolute Gasteiger partial charge is 0.504 e. The molecule has 0 heterocycles. The molecule has 0 radical (unpaired) electrons. The highest BCUT2D eigenvalue weighted by Crippen LogP contribution is 2.36. The Labute approximate surface area is 80.8 Å². The summed E-state index contributed by atoms with van der Waals surface area (Å²) in [5.74, 6) is -0.552. The van der Waals surface area contributed by atoms with E-state index in [0.29, 0.717) is 16.1 Å². The van der Waals surface area contributed by atoms with E-state index in [1.54, 1.807) is 6.92 Å². The van der Waals surface area contributed by atoms with Crippen LogP contribution in [0.2, 0.25) is 5.02 Å². The van der Waals surface area contributed by atoms with Crippen molar-refractivity contribution < 1.29 is 10.2 Å². The molecular weight excluding hydrogens is 190 g/mol. The lowest BCUT2D eigenvalue weighted by molar-refractivity contribution is 0.400. The summed E-state index contributed by atoms with van der Waals surface area (Å²) in [5.41, 5.74) is 1.01. The van der Waals surface area contributed by atoms with Crippen LogP contribution >= 0.6 is 11.6 Å². The molecule has 0 aromatic heterocycles. The normalized spacial score (nSPS) is 9.62. The smallest absolute Gasteiger partial charge is 0.162 e. The molecular formula is C9H8ClNO2. The summed E-state index contributed by atoms with van der Waals surface area (Å²) < 4.78 is 0. The Balaban J connectivity index is 3.39. The average Bonchev–Trinajstić information content (AvgIpc) is 2.09. The van der Waals surface area contributed by atoms with Crippen LogP contribution in [0, 0.1) is 18.3 Å². The number of benzene rings is 1. The number of nitrogens with zero attached hydrogens (tertiary/aromatic N) is 1. The Morgan fingerprint density at radius 3 is 2.69 bits per heavy atom. The minimum Gasteiger partial charge on any atom is -0.504 e. The van der Waals surface area contributed by atoms with E-state index in [4.69, 9.17) is 16.9 Å². The number of phenolic OH excluding ortho intramolecular Hbond substituents is 2. The Bertz CT molecular complexity index is 356. The summed E-state index contributed by atoms with van der Waals surface area (Å²) in [4.78, 5) is 0. The number of phenols is 2. The van der Waals surface area contributed by atoms with Crippen LogP contribution in [0.15, 0.2) is 6.07 Å². The van der Waals surface area contributed by atoms with Crippen LogP contribution in [0.3, 0.4) is 0 Å². The van der Waals surface area contributed by atoms with Gasteiger partial charge in [-0.1, -0.05) is 11.6 Å². The topological polar surface area (TPSA) is 64.2 Å². The number of rotatable bonds is 1. The summed E-state index contributed by atoms with van der Waals surface area (Å²) in [5, 5.41) is 27.4. The van der Waals surface area contributed by atoms with Gasteiger partial charge < -0.3 is 10.2 Å². The predicted molar refractivity (Wildman–Crippen MR) is 48.8 cm³/mol. The maximum absolute atomic E-state index is 9.37. The number of halogens is 1. The minimum atomic E-state index is -0.291. The van der Waals surface area contributed by atoms with Crippen LogP contribution in [0.1, 0.15) is 11.1 Å². The van der Waals surface area contributed by atoms with Gasteiger partial charge in [-0.15, -0.1) is 0 Å². The fourth-order valence-electron chi connectivity index (χ4n) is 1.07. The molecule has 0 amide bonds. The first-order valence-corrected chi connectivity index (χ1v) is 4.02. The lowest BCUT2D eigenvalue weighted by Gasteiger charge is -2.08. The summed E-state index contributed by atoms with van der Waals surface area (Å²) in [6, 6.07) is 3.15. The van der Waals surface area contributed by atoms with Crippen molar-refractivity contribution in [3.63, 3.8) is 0 Å². The predicted octanol–water partition coefficient (Wildman–Crippen LogP) is 2.13. The van der Waals surface area contributed by atoms with Crippen molar-refractivity contribution in [3.05, 3.63) is 22.2 Å². The first-order chi connectivity index (χ1) is 6.07. The van der Waals surface area contributed by atoms with Crippen molar-refractivity contribution in [1.29, 1.82) is 5.26 Å². The first kappa shape index (κ1) is 9.69. The van der Waals surface area contributed by atoms with Gasteiger partial charge >= 0.3 is 0 Å². The first-order valence-electron chi connectivity index (χ1n) is 3.64. The van der Waals surface area contributed by atoms with E-state index < -0.39 is 0 Å². The second kappa shape index (κ2) is 3.55. The van der Waals surface area contributed by atoms with Crippen molar-refractivity contribution in [2.24, 2.45) is 0 Å². The molecule has 1 aromatic rings. The molecule has 1 rings (SSSR count). The highest BCUT2D eigenvalue weighted by Gasteiger charge is 2.12. The zero-order chi connectivity index (χ0) is 10.0. The molecule has 0 aliphatic heterocycles. The second-order valence-electron chi connectivity index (χ2n) is 2.66. The molecule has 13 heavy (non-hydrogen) atoms. The van der Waals surface area contributed by atoms with Crippen LogP contribution in [0.25, 0.3) is 0 Å². The summed E-state index contributed by atoms with van der Waals surface area (Å²) in [6.45, 7) is 1.69. The van der Waals surface area contributed by atoms with Gasteiger partial charge in [0.25, 0.3) is 0 Å². The Morgan fingerprint density at radius 2 is 2.15 bits per heavy atom. The molecule has 0 fully saturated rings. The molecule has 0 aliphatic rings. The van der Waals surface area contributed by atoms with Gasteiger partial charge in [-0.25, -0.2) is 0 Å².